The summed E-state index contributed by atoms with van der Waals surface area (Å²) in [5.74, 6) is -0.552. The topological polar surface area (TPSA) is 69.1 Å². The maximum Gasteiger partial charge on any atom is 0.244 e. The molecule has 0 radical (unpaired) electrons. The van der Waals surface area contributed by atoms with Crippen molar-refractivity contribution < 1.29 is 13.9 Å². The van der Waals surface area contributed by atoms with Crippen LogP contribution in [0, 0.1) is 22.6 Å². The van der Waals surface area contributed by atoms with Crippen LogP contribution in [0.15, 0.2) is 84.9 Å². The van der Waals surface area contributed by atoms with Gasteiger partial charge in [-0.05, 0) is 47.5 Å². The van der Waals surface area contributed by atoms with E-state index in [1.807, 2.05) is 66.7 Å². The van der Waals surface area contributed by atoms with Gasteiger partial charge < -0.3 is 14.6 Å². The lowest BCUT2D eigenvalue weighted by atomic mass is 9.68. The lowest BCUT2D eigenvalue weighted by molar-refractivity contribution is -0.139. The largest absolute Gasteiger partial charge is 0.496 e. The number of benzene rings is 4. The molecule has 1 N–H and O–H groups in total. The lowest BCUT2D eigenvalue weighted by Gasteiger charge is -2.38. The van der Waals surface area contributed by atoms with E-state index in [2.05, 4.69) is 11.1 Å². The lowest BCUT2D eigenvalue weighted by Crippen LogP contribution is -2.47. The Bertz CT molecular complexity index is 1760. The van der Waals surface area contributed by atoms with Gasteiger partial charge in [0.25, 0.3) is 0 Å². The predicted molar refractivity (Wildman–Crippen MR) is 150 cm³/mol. The summed E-state index contributed by atoms with van der Waals surface area (Å²) >= 11 is 0. The molecular weight excluding hydrogens is 489 g/mol. The van der Waals surface area contributed by atoms with E-state index in [4.69, 9.17) is 4.74 Å². The van der Waals surface area contributed by atoms with Crippen LogP contribution in [0.5, 0.6) is 5.75 Å². The number of amides is 1. The van der Waals surface area contributed by atoms with Gasteiger partial charge in [-0.1, -0.05) is 60.7 Å². The maximum absolute atomic E-state index is 14.5. The number of para-hydroxylation sites is 1. The normalized spacial score (nSPS) is 15.4. The Morgan fingerprint density at radius 3 is 2.59 bits per heavy atom. The molecule has 1 aliphatic rings. The number of nitrogens with one attached hydrogen (secondary N) is 1. The van der Waals surface area contributed by atoms with Gasteiger partial charge in [-0.3, -0.25) is 4.79 Å². The Labute approximate surface area is 226 Å². The number of hydrogen-bond acceptors (Lipinski definition) is 3. The van der Waals surface area contributed by atoms with E-state index in [0.29, 0.717) is 25.3 Å². The Balaban J connectivity index is 1.49. The summed E-state index contributed by atoms with van der Waals surface area (Å²) < 4.78 is 19.9. The smallest absolute Gasteiger partial charge is 0.244 e. The minimum absolute atomic E-state index is 0.259. The van der Waals surface area contributed by atoms with Crippen LogP contribution >= 0.6 is 0 Å². The van der Waals surface area contributed by atoms with Crippen LogP contribution in [0.1, 0.15) is 35.2 Å². The summed E-state index contributed by atoms with van der Waals surface area (Å²) in [6, 6.07) is 28.7. The first-order valence-corrected chi connectivity index (χ1v) is 13.0. The van der Waals surface area contributed by atoms with E-state index in [-0.39, 0.29) is 11.7 Å². The number of aromatic amines is 1. The van der Waals surface area contributed by atoms with E-state index in [1.54, 1.807) is 25.0 Å². The number of nitriles is 1. The highest BCUT2D eigenvalue weighted by atomic mass is 19.1. The highest BCUT2D eigenvalue weighted by molar-refractivity contribution is 5.92. The summed E-state index contributed by atoms with van der Waals surface area (Å²) in [4.78, 5) is 19.6. The molecule has 6 heteroatoms. The Morgan fingerprint density at radius 1 is 1.03 bits per heavy atom. The van der Waals surface area contributed by atoms with Crippen molar-refractivity contribution >= 4 is 27.6 Å². The minimum atomic E-state index is -1.45. The second-order valence-corrected chi connectivity index (χ2v) is 10.3. The fraction of sp³-hybridized carbons (Fsp3) is 0.212. The molecule has 0 bridgehead atoms. The molecule has 5 nitrogen and oxygen atoms in total. The van der Waals surface area contributed by atoms with Crippen LogP contribution in [-0.2, 0) is 17.8 Å². The molecule has 0 aliphatic carbocycles. The number of methoxy groups -OCH3 is 1. The summed E-state index contributed by atoms with van der Waals surface area (Å²) in [6.07, 6.45) is 0.604. The average Bonchev–Trinajstić information content (AvgIpc) is 3.34. The van der Waals surface area contributed by atoms with Gasteiger partial charge in [-0.15, -0.1) is 0 Å². The molecule has 1 aliphatic heterocycles. The van der Waals surface area contributed by atoms with Gasteiger partial charge in [-0.2, -0.15) is 5.26 Å². The molecule has 0 saturated carbocycles. The zero-order chi connectivity index (χ0) is 27.1. The fourth-order valence-corrected chi connectivity index (χ4v) is 6.12. The van der Waals surface area contributed by atoms with Crippen LogP contribution < -0.4 is 4.74 Å². The van der Waals surface area contributed by atoms with Crippen LogP contribution in [0.2, 0.25) is 0 Å². The van der Waals surface area contributed by atoms with E-state index < -0.39 is 11.3 Å². The molecule has 0 saturated heterocycles. The van der Waals surface area contributed by atoms with E-state index in [9.17, 15) is 14.4 Å². The maximum atomic E-state index is 14.5. The second-order valence-electron chi connectivity index (χ2n) is 10.3. The third-order valence-corrected chi connectivity index (χ3v) is 8.06. The van der Waals surface area contributed by atoms with Crippen molar-refractivity contribution in [2.45, 2.75) is 25.8 Å². The van der Waals surface area contributed by atoms with Crippen molar-refractivity contribution in [2.75, 3.05) is 13.7 Å². The zero-order valence-electron chi connectivity index (χ0n) is 21.9. The molecule has 1 amide bonds. The molecule has 6 rings (SSSR count). The monoisotopic (exact) mass is 517 g/mol. The van der Waals surface area contributed by atoms with Gasteiger partial charge in [0.15, 0.2) is 0 Å². The number of carbonyl (C=O) groups excluding carboxylic acids is 1. The molecule has 2 heterocycles. The standard InChI is InChI=1S/C33H28FN3O2/c1-33(20-35,32(38)37-17-16-29-27(19-37)26-18-22(34)14-15-28(26)36-29)31(25-11-5-6-13-30(25)39-2)24-12-7-9-21-8-3-4-10-23(21)24/h3-15,18,31,36H,16-17,19H2,1-2H3/t31?,33-/m1/s1. The second kappa shape index (κ2) is 9.59. The number of rotatable bonds is 5. The third-order valence-electron chi connectivity index (χ3n) is 8.06. The molecule has 4 aromatic carbocycles. The molecule has 2 atom stereocenters. The van der Waals surface area contributed by atoms with Gasteiger partial charge in [0.2, 0.25) is 5.91 Å². The Kier molecular flexibility index (Phi) is 6.07. The number of hydrogen-bond donors (Lipinski definition) is 1. The molecule has 0 spiro atoms. The zero-order valence-corrected chi connectivity index (χ0v) is 21.9. The van der Waals surface area contributed by atoms with Crippen LogP contribution in [0.3, 0.4) is 0 Å². The van der Waals surface area contributed by atoms with Gasteiger partial charge in [0.1, 0.15) is 17.0 Å². The quantitative estimate of drug-likeness (QED) is 0.282. The van der Waals surface area contributed by atoms with Gasteiger partial charge >= 0.3 is 0 Å². The van der Waals surface area contributed by atoms with E-state index in [0.717, 1.165) is 44.1 Å². The summed E-state index contributed by atoms with van der Waals surface area (Å²) in [5, 5.41) is 13.6. The first kappa shape index (κ1) is 24.7. The number of halogens is 1. The molecule has 1 unspecified atom stereocenters. The molecule has 1 aromatic heterocycles. The average molecular weight is 518 g/mol. The molecule has 5 aromatic rings. The molecular formula is C33H28FN3O2. The van der Waals surface area contributed by atoms with Gasteiger partial charge in [0, 0.05) is 53.2 Å². The van der Waals surface area contributed by atoms with E-state index in [1.165, 1.54) is 12.1 Å². The third kappa shape index (κ3) is 4.02. The number of nitrogens with zero attached hydrogens (tertiary/aromatic N) is 2. The first-order chi connectivity index (χ1) is 18.9. The molecule has 39 heavy (non-hydrogen) atoms. The van der Waals surface area contributed by atoms with Crippen LogP contribution in [0.25, 0.3) is 21.7 Å². The Morgan fingerprint density at radius 2 is 1.77 bits per heavy atom. The highest BCUT2D eigenvalue weighted by Gasteiger charge is 2.48. The van der Waals surface area contributed by atoms with Crippen LogP contribution in [0.4, 0.5) is 4.39 Å². The summed E-state index contributed by atoms with van der Waals surface area (Å²) in [5.41, 5.74) is 2.98. The number of H-pyrrole nitrogens is 1. The van der Waals surface area contributed by atoms with Crippen molar-refractivity contribution in [3.8, 4) is 11.8 Å². The van der Waals surface area contributed by atoms with E-state index >= 15 is 0 Å². The Hall–Kier alpha value is -4.63. The van der Waals surface area contributed by atoms with Gasteiger partial charge in [-0.25, -0.2) is 4.39 Å². The number of aromatic nitrogens is 1. The van der Waals surface area contributed by atoms with Crippen molar-refractivity contribution in [2.24, 2.45) is 5.41 Å². The number of carbonyl (C=O) groups is 1. The van der Waals surface area contributed by atoms with Crippen molar-refractivity contribution in [1.82, 2.24) is 9.88 Å². The SMILES string of the molecule is COc1ccccc1C(c1cccc2ccccc12)[C@@](C)(C#N)C(=O)N1CCc2[nH]c3ccc(F)cc3c2C1. The highest BCUT2D eigenvalue weighted by Crippen LogP contribution is 2.48. The van der Waals surface area contributed by atoms with Crippen molar-refractivity contribution in [3.63, 3.8) is 0 Å². The predicted octanol–water partition coefficient (Wildman–Crippen LogP) is 6.72. The van der Waals surface area contributed by atoms with Crippen molar-refractivity contribution in [1.29, 1.82) is 5.26 Å². The summed E-state index contributed by atoms with van der Waals surface area (Å²) in [6.45, 7) is 2.51. The van der Waals surface area contributed by atoms with Gasteiger partial charge in [0.05, 0.1) is 13.2 Å². The van der Waals surface area contributed by atoms with Crippen LogP contribution in [-0.4, -0.2) is 29.4 Å². The number of fused-ring (bicyclic) bond motifs is 4. The fourth-order valence-electron chi connectivity index (χ4n) is 6.12. The summed E-state index contributed by atoms with van der Waals surface area (Å²) in [7, 11) is 1.60. The first-order valence-electron chi connectivity index (χ1n) is 13.0. The minimum Gasteiger partial charge on any atom is -0.496 e. The number of ether oxygens (including phenoxy) is 1. The van der Waals surface area contributed by atoms with Crippen molar-refractivity contribution in [3.05, 3.63) is 113 Å². The molecule has 0 fully saturated rings. The molecule has 194 valence electrons.